The molecule has 1 aromatic heterocycles. The molecule has 5 heteroatoms. The Morgan fingerprint density at radius 1 is 1.14 bits per heavy atom. The van der Waals surface area contributed by atoms with Gasteiger partial charge >= 0.3 is 0 Å². The standard InChI is InChI=1S/C16H17FN2OS/c17-14-4-1-3-13(11-14)16(20)19-8-6-18(7-9-19)12-15-5-2-10-21-15/h1-5,10-11H,6-9,12H2. The Bertz CT molecular complexity index is 606. The zero-order valence-corrected chi connectivity index (χ0v) is 12.5. The van der Waals surface area contributed by atoms with E-state index in [1.165, 1.54) is 17.0 Å². The maximum atomic E-state index is 13.2. The Hall–Kier alpha value is -1.72. The number of amides is 1. The van der Waals surface area contributed by atoms with E-state index in [-0.39, 0.29) is 11.7 Å². The summed E-state index contributed by atoms with van der Waals surface area (Å²) in [5.74, 6) is -0.442. The summed E-state index contributed by atoms with van der Waals surface area (Å²) in [5, 5.41) is 2.08. The third kappa shape index (κ3) is 3.49. The van der Waals surface area contributed by atoms with Crippen LogP contribution in [0, 0.1) is 5.82 Å². The summed E-state index contributed by atoms with van der Waals surface area (Å²) in [7, 11) is 0. The minimum Gasteiger partial charge on any atom is -0.336 e. The Labute approximate surface area is 127 Å². The smallest absolute Gasteiger partial charge is 0.254 e. The van der Waals surface area contributed by atoms with E-state index < -0.39 is 0 Å². The van der Waals surface area contributed by atoms with Crippen molar-refractivity contribution in [1.82, 2.24) is 9.80 Å². The molecule has 0 aliphatic carbocycles. The second-order valence-corrected chi connectivity index (χ2v) is 6.19. The quantitative estimate of drug-likeness (QED) is 0.870. The number of hydrogen-bond acceptors (Lipinski definition) is 3. The molecule has 0 spiro atoms. The molecule has 0 atom stereocenters. The lowest BCUT2D eigenvalue weighted by Crippen LogP contribution is -2.48. The zero-order chi connectivity index (χ0) is 14.7. The summed E-state index contributed by atoms with van der Waals surface area (Å²) in [5.41, 5.74) is 0.432. The molecule has 0 unspecified atom stereocenters. The predicted molar refractivity (Wildman–Crippen MR) is 81.9 cm³/mol. The number of halogens is 1. The van der Waals surface area contributed by atoms with Crippen molar-refractivity contribution in [3.63, 3.8) is 0 Å². The Balaban J connectivity index is 1.57. The molecule has 21 heavy (non-hydrogen) atoms. The summed E-state index contributed by atoms with van der Waals surface area (Å²) in [6.07, 6.45) is 0. The van der Waals surface area contributed by atoms with Gasteiger partial charge in [-0.15, -0.1) is 11.3 Å². The van der Waals surface area contributed by atoms with E-state index in [4.69, 9.17) is 0 Å². The van der Waals surface area contributed by atoms with Crippen LogP contribution < -0.4 is 0 Å². The van der Waals surface area contributed by atoms with E-state index in [0.717, 1.165) is 19.6 Å². The van der Waals surface area contributed by atoms with Crippen molar-refractivity contribution >= 4 is 17.2 Å². The number of carbonyl (C=O) groups is 1. The van der Waals surface area contributed by atoms with Crippen LogP contribution in [0.3, 0.4) is 0 Å². The molecule has 1 aromatic carbocycles. The molecule has 2 aromatic rings. The zero-order valence-electron chi connectivity index (χ0n) is 11.7. The van der Waals surface area contributed by atoms with E-state index in [1.807, 2.05) is 0 Å². The number of nitrogens with zero attached hydrogens (tertiary/aromatic N) is 2. The van der Waals surface area contributed by atoms with Crippen LogP contribution in [0.25, 0.3) is 0 Å². The second kappa shape index (κ2) is 6.37. The number of carbonyl (C=O) groups excluding carboxylic acids is 1. The van der Waals surface area contributed by atoms with Gasteiger partial charge in [-0.05, 0) is 29.6 Å². The SMILES string of the molecule is O=C(c1cccc(F)c1)N1CCN(Cc2cccs2)CC1. The summed E-state index contributed by atoms with van der Waals surface area (Å²) in [6.45, 7) is 4.05. The van der Waals surface area contributed by atoms with Crippen LogP contribution in [-0.2, 0) is 6.54 Å². The molecule has 0 bridgehead atoms. The molecule has 3 nitrogen and oxygen atoms in total. The lowest BCUT2D eigenvalue weighted by Gasteiger charge is -2.34. The van der Waals surface area contributed by atoms with Gasteiger partial charge in [-0.3, -0.25) is 9.69 Å². The number of rotatable bonds is 3. The average Bonchev–Trinajstić information content (AvgIpc) is 3.00. The number of thiophene rings is 1. The lowest BCUT2D eigenvalue weighted by atomic mass is 10.1. The summed E-state index contributed by atoms with van der Waals surface area (Å²) in [6, 6.07) is 10.1. The van der Waals surface area contributed by atoms with Gasteiger partial charge in [0.2, 0.25) is 0 Å². The highest BCUT2D eigenvalue weighted by Gasteiger charge is 2.22. The maximum Gasteiger partial charge on any atom is 0.254 e. The van der Waals surface area contributed by atoms with Gasteiger partial charge in [0.15, 0.2) is 0 Å². The van der Waals surface area contributed by atoms with Crippen LogP contribution in [0.4, 0.5) is 4.39 Å². The number of piperazine rings is 1. The second-order valence-electron chi connectivity index (χ2n) is 5.16. The molecule has 1 aliphatic heterocycles. The van der Waals surface area contributed by atoms with E-state index in [2.05, 4.69) is 22.4 Å². The van der Waals surface area contributed by atoms with Crippen molar-refractivity contribution in [2.24, 2.45) is 0 Å². The highest BCUT2D eigenvalue weighted by atomic mass is 32.1. The van der Waals surface area contributed by atoms with Gasteiger partial charge in [0, 0.05) is 43.2 Å². The molecule has 2 heterocycles. The van der Waals surface area contributed by atoms with Crippen LogP contribution in [0.5, 0.6) is 0 Å². The van der Waals surface area contributed by atoms with Crippen molar-refractivity contribution in [3.8, 4) is 0 Å². The van der Waals surface area contributed by atoms with Gasteiger partial charge in [0.05, 0.1) is 0 Å². The lowest BCUT2D eigenvalue weighted by molar-refractivity contribution is 0.0629. The Kier molecular flexibility index (Phi) is 4.31. The molecular formula is C16H17FN2OS. The first-order chi connectivity index (χ1) is 10.2. The first kappa shape index (κ1) is 14.2. The van der Waals surface area contributed by atoms with Gasteiger partial charge in [-0.1, -0.05) is 12.1 Å². The van der Waals surface area contributed by atoms with E-state index in [0.29, 0.717) is 18.7 Å². The fourth-order valence-corrected chi connectivity index (χ4v) is 3.28. The molecule has 0 N–H and O–H groups in total. The maximum absolute atomic E-state index is 13.2. The van der Waals surface area contributed by atoms with Gasteiger partial charge < -0.3 is 4.90 Å². The van der Waals surface area contributed by atoms with Gasteiger partial charge in [-0.2, -0.15) is 0 Å². The number of benzene rings is 1. The first-order valence-electron chi connectivity index (χ1n) is 7.02. The van der Waals surface area contributed by atoms with Crippen LogP contribution in [-0.4, -0.2) is 41.9 Å². The molecule has 3 rings (SSSR count). The largest absolute Gasteiger partial charge is 0.336 e. The van der Waals surface area contributed by atoms with Crippen LogP contribution >= 0.6 is 11.3 Å². The molecule has 1 amide bonds. The molecule has 0 radical (unpaired) electrons. The van der Waals surface area contributed by atoms with Crippen LogP contribution in [0.2, 0.25) is 0 Å². The average molecular weight is 304 g/mol. The highest BCUT2D eigenvalue weighted by Crippen LogP contribution is 2.15. The molecule has 1 aliphatic rings. The normalized spacial score (nSPS) is 16.1. The minimum atomic E-state index is -0.364. The molecular weight excluding hydrogens is 287 g/mol. The van der Waals surface area contributed by atoms with Crippen molar-refractivity contribution in [2.75, 3.05) is 26.2 Å². The summed E-state index contributed by atoms with van der Waals surface area (Å²) < 4.78 is 13.2. The predicted octanol–water partition coefficient (Wildman–Crippen LogP) is 2.85. The highest BCUT2D eigenvalue weighted by molar-refractivity contribution is 7.09. The van der Waals surface area contributed by atoms with Gasteiger partial charge in [0.1, 0.15) is 5.82 Å². The molecule has 110 valence electrons. The fraction of sp³-hybridized carbons (Fsp3) is 0.312. The van der Waals surface area contributed by atoms with Gasteiger partial charge in [0.25, 0.3) is 5.91 Å². The monoisotopic (exact) mass is 304 g/mol. The van der Waals surface area contributed by atoms with E-state index >= 15 is 0 Å². The van der Waals surface area contributed by atoms with E-state index in [1.54, 1.807) is 28.4 Å². The molecule has 1 fully saturated rings. The van der Waals surface area contributed by atoms with Gasteiger partial charge in [-0.25, -0.2) is 4.39 Å². The third-order valence-electron chi connectivity index (χ3n) is 3.69. The van der Waals surface area contributed by atoms with Crippen LogP contribution in [0.15, 0.2) is 41.8 Å². The summed E-state index contributed by atoms with van der Waals surface area (Å²) in [4.78, 5) is 17.8. The fourth-order valence-electron chi connectivity index (χ4n) is 2.54. The topological polar surface area (TPSA) is 23.6 Å². The Morgan fingerprint density at radius 3 is 2.62 bits per heavy atom. The molecule has 0 saturated carbocycles. The minimum absolute atomic E-state index is 0.0785. The van der Waals surface area contributed by atoms with E-state index in [9.17, 15) is 9.18 Å². The van der Waals surface area contributed by atoms with Crippen molar-refractivity contribution < 1.29 is 9.18 Å². The third-order valence-corrected chi connectivity index (χ3v) is 4.55. The Morgan fingerprint density at radius 2 is 1.95 bits per heavy atom. The van der Waals surface area contributed by atoms with Crippen molar-refractivity contribution in [2.45, 2.75) is 6.54 Å². The first-order valence-corrected chi connectivity index (χ1v) is 7.90. The van der Waals surface area contributed by atoms with Crippen molar-refractivity contribution in [1.29, 1.82) is 0 Å². The van der Waals surface area contributed by atoms with Crippen LogP contribution in [0.1, 0.15) is 15.2 Å². The summed E-state index contributed by atoms with van der Waals surface area (Å²) >= 11 is 1.76. The van der Waals surface area contributed by atoms with Crippen molar-refractivity contribution in [3.05, 3.63) is 58.0 Å². The molecule has 1 saturated heterocycles. The number of hydrogen-bond donors (Lipinski definition) is 0.